The maximum absolute atomic E-state index is 9.68. The van der Waals surface area contributed by atoms with Crippen molar-refractivity contribution >= 4 is 56.5 Å². The van der Waals surface area contributed by atoms with Crippen molar-refractivity contribution in [2.75, 3.05) is 24.7 Å². The molecule has 3 heterocycles. The van der Waals surface area contributed by atoms with Gasteiger partial charge in [-0.05, 0) is 48.4 Å². The van der Waals surface area contributed by atoms with Crippen molar-refractivity contribution < 1.29 is 4.74 Å². The number of fused-ring (bicyclic) bond motifs is 1. The van der Waals surface area contributed by atoms with Crippen molar-refractivity contribution in [2.24, 2.45) is 0 Å². The number of anilines is 1. The molecule has 0 N–H and O–H groups in total. The molecule has 1 aliphatic carbocycles. The molecular formula is C15H15I2N5O. The molecule has 1 unspecified atom stereocenters. The van der Waals surface area contributed by atoms with Crippen molar-refractivity contribution in [1.29, 1.82) is 5.26 Å². The Bertz CT molecular complexity index is 823. The van der Waals surface area contributed by atoms with Crippen molar-refractivity contribution in [1.82, 2.24) is 14.6 Å². The highest BCUT2D eigenvalue weighted by Crippen LogP contribution is 2.50. The fourth-order valence-corrected chi connectivity index (χ4v) is 4.94. The SMILES string of the molecule is CC1COCCN1c1cc(C2(C#N)CC2)c2c(I)nc(I)n2n1. The molecule has 2 fully saturated rings. The largest absolute Gasteiger partial charge is 0.377 e. The molecule has 23 heavy (non-hydrogen) atoms. The van der Waals surface area contributed by atoms with Gasteiger partial charge in [0.15, 0.2) is 3.83 Å². The van der Waals surface area contributed by atoms with E-state index < -0.39 is 0 Å². The minimum absolute atomic E-state index is 0.277. The molecule has 1 saturated heterocycles. The topological polar surface area (TPSA) is 66.5 Å². The molecule has 0 radical (unpaired) electrons. The second-order valence-electron chi connectivity index (χ2n) is 6.16. The average Bonchev–Trinajstić information content (AvgIpc) is 3.29. The zero-order valence-corrected chi connectivity index (χ0v) is 16.9. The summed E-state index contributed by atoms with van der Waals surface area (Å²) >= 11 is 4.45. The third-order valence-corrected chi connectivity index (χ3v) is 6.10. The number of hydrogen-bond donors (Lipinski definition) is 0. The van der Waals surface area contributed by atoms with Gasteiger partial charge in [-0.2, -0.15) is 5.26 Å². The minimum atomic E-state index is -0.364. The molecule has 1 atom stereocenters. The number of halogens is 2. The van der Waals surface area contributed by atoms with E-state index in [1.165, 1.54) is 0 Å². The fourth-order valence-electron chi connectivity index (χ4n) is 3.15. The smallest absolute Gasteiger partial charge is 0.193 e. The number of aromatic nitrogens is 3. The number of ether oxygens (including phenoxy) is 1. The molecule has 6 nitrogen and oxygen atoms in total. The molecule has 0 amide bonds. The molecule has 8 heteroatoms. The van der Waals surface area contributed by atoms with E-state index >= 15 is 0 Å². The van der Waals surface area contributed by atoms with Gasteiger partial charge in [-0.3, -0.25) is 0 Å². The molecule has 4 rings (SSSR count). The minimum Gasteiger partial charge on any atom is -0.377 e. The van der Waals surface area contributed by atoms with Crippen LogP contribution >= 0.6 is 45.2 Å². The van der Waals surface area contributed by atoms with Gasteiger partial charge >= 0.3 is 0 Å². The predicted octanol–water partition coefficient (Wildman–Crippen LogP) is 2.72. The first-order valence-electron chi connectivity index (χ1n) is 7.57. The first kappa shape index (κ1) is 15.8. The Morgan fingerprint density at radius 1 is 1.43 bits per heavy atom. The summed E-state index contributed by atoms with van der Waals surface area (Å²) < 4.78 is 9.18. The first-order valence-corrected chi connectivity index (χ1v) is 9.72. The van der Waals surface area contributed by atoms with E-state index in [1.54, 1.807) is 0 Å². The molecule has 2 aromatic heterocycles. The van der Waals surface area contributed by atoms with Crippen LogP contribution in [0.1, 0.15) is 25.3 Å². The van der Waals surface area contributed by atoms with Gasteiger partial charge in [-0.25, -0.2) is 9.50 Å². The van der Waals surface area contributed by atoms with Crippen LogP contribution in [0.4, 0.5) is 5.82 Å². The van der Waals surface area contributed by atoms with Crippen LogP contribution in [-0.4, -0.2) is 40.4 Å². The molecule has 2 aliphatic rings. The van der Waals surface area contributed by atoms with Crippen LogP contribution < -0.4 is 4.90 Å². The maximum atomic E-state index is 9.68. The Morgan fingerprint density at radius 3 is 2.87 bits per heavy atom. The maximum Gasteiger partial charge on any atom is 0.193 e. The summed E-state index contributed by atoms with van der Waals surface area (Å²) in [6, 6.07) is 4.90. The van der Waals surface area contributed by atoms with Crippen LogP contribution in [0.25, 0.3) is 5.52 Å². The summed E-state index contributed by atoms with van der Waals surface area (Å²) in [5, 5.41) is 14.5. The molecule has 0 bridgehead atoms. The van der Waals surface area contributed by atoms with E-state index in [0.29, 0.717) is 13.2 Å². The Kier molecular flexibility index (Phi) is 3.92. The van der Waals surface area contributed by atoms with Crippen molar-refractivity contribution in [3.8, 4) is 6.07 Å². The number of hydrogen-bond acceptors (Lipinski definition) is 5. The van der Waals surface area contributed by atoms with Crippen LogP contribution in [0.2, 0.25) is 0 Å². The zero-order valence-electron chi connectivity index (χ0n) is 12.6. The second-order valence-corrected chi connectivity index (χ2v) is 8.15. The van der Waals surface area contributed by atoms with Crippen molar-refractivity contribution in [2.45, 2.75) is 31.2 Å². The van der Waals surface area contributed by atoms with E-state index in [2.05, 4.69) is 74.1 Å². The van der Waals surface area contributed by atoms with Gasteiger partial charge in [-0.15, -0.1) is 5.10 Å². The Hall–Kier alpha value is -0.670. The number of morpholine rings is 1. The van der Waals surface area contributed by atoms with Crippen molar-refractivity contribution in [3.05, 3.63) is 19.2 Å². The lowest BCUT2D eigenvalue weighted by molar-refractivity contribution is 0.0984. The van der Waals surface area contributed by atoms with Crippen LogP contribution in [0.15, 0.2) is 6.07 Å². The molecule has 1 saturated carbocycles. The average molecular weight is 535 g/mol. The summed E-state index contributed by atoms with van der Waals surface area (Å²) in [5.74, 6) is 0.913. The summed E-state index contributed by atoms with van der Waals surface area (Å²) in [6.45, 7) is 4.38. The highest BCUT2D eigenvalue weighted by Gasteiger charge is 2.47. The summed E-state index contributed by atoms with van der Waals surface area (Å²) in [4.78, 5) is 6.82. The zero-order chi connectivity index (χ0) is 16.2. The van der Waals surface area contributed by atoms with E-state index in [4.69, 9.17) is 9.84 Å². The van der Waals surface area contributed by atoms with E-state index in [0.717, 1.165) is 43.8 Å². The monoisotopic (exact) mass is 535 g/mol. The van der Waals surface area contributed by atoms with Crippen LogP contribution in [0, 0.1) is 18.9 Å². The Balaban J connectivity index is 1.94. The first-order chi connectivity index (χ1) is 11.1. The van der Waals surface area contributed by atoms with Crippen LogP contribution in [0.3, 0.4) is 0 Å². The third-order valence-electron chi connectivity index (χ3n) is 4.64. The fraction of sp³-hybridized carbons (Fsp3) is 0.533. The Morgan fingerprint density at radius 2 is 2.22 bits per heavy atom. The third kappa shape index (κ3) is 2.51. The Labute approximate surface area is 161 Å². The highest BCUT2D eigenvalue weighted by atomic mass is 127. The van der Waals surface area contributed by atoms with Gasteiger partial charge in [-0.1, -0.05) is 0 Å². The number of nitrogens with zero attached hydrogens (tertiary/aromatic N) is 5. The molecule has 0 aromatic carbocycles. The summed E-state index contributed by atoms with van der Waals surface area (Å²) in [7, 11) is 0. The van der Waals surface area contributed by atoms with Gasteiger partial charge in [0.25, 0.3) is 0 Å². The molecule has 120 valence electrons. The number of imidazole rings is 1. The lowest BCUT2D eigenvalue weighted by atomic mass is 9.98. The normalized spacial score (nSPS) is 23.0. The van der Waals surface area contributed by atoms with Crippen molar-refractivity contribution in [3.63, 3.8) is 0 Å². The summed E-state index contributed by atoms with van der Waals surface area (Å²) in [6.07, 6.45) is 1.83. The highest BCUT2D eigenvalue weighted by molar-refractivity contribution is 14.1. The molecule has 2 aromatic rings. The van der Waals surface area contributed by atoms with Gasteiger partial charge in [0.1, 0.15) is 15.0 Å². The van der Waals surface area contributed by atoms with Crippen LogP contribution in [0.5, 0.6) is 0 Å². The lowest BCUT2D eigenvalue weighted by Gasteiger charge is -2.34. The summed E-state index contributed by atoms with van der Waals surface area (Å²) in [5.41, 5.74) is 1.69. The molecule has 1 aliphatic heterocycles. The number of nitriles is 1. The molecule has 0 spiro atoms. The van der Waals surface area contributed by atoms with Gasteiger partial charge in [0.05, 0.1) is 30.7 Å². The lowest BCUT2D eigenvalue weighted by Crippen LogP contribution is -2.44. The van der Waals surface area contributed by atoms with E-state index in [9.17, 15) is 5.26 Å². The van der Waals surface area contributed by atoms with Gasteiger partial charge < -0.3 is 9.64 Å². The number of rotatable bonds is 2. The van der Waals surface area contributed by atoms with Gasteiger partial charge in [0, 0.05) is 34.7 Å². The molecular weight excluding hydrogens is 520 g/mol. The van der Waals surface area contributed by atoms with Crippen LogP contribution in [-0.2, 0) is 10.2 Å². The quantitative estimate of drug-likeness (QED) is 0.554. The second kappa shape index (κ2) is 5.70. The van der Waals surface area contributed by atoms with Gasteiger partial charge in [0.2, 0.25) is 0 Å². The van der Waals surface area contributed by atoms with E-state index in [1.807, 2.05) is 4.52 Å². The predicted molar refractivity (Wildman–Crippen MR) is 103 cm³/mol. The van der Waals surface area contributed by atoms with E-state index in [-0.39, 0.29) is 11.5 Å². The standard InChI is InChI=1S/C15H15I2N5O/c1-9-7-23-5-4-21(9)11-6-10(15(8-18)2-3-15)12-13(16)19-14(17)22(12)20-11/h6,9H,2-5,7H2,1H3.